The van der Waals surface area contributed by atoms with Gasteiger partial charge in [-0.3, -0.25) is 4.79 Å². The molecule has 45 heavy (non-hydrogen) atoms. The van der Waals surface area contributed by atoms with E-state index >= 15 is 0 Å². The third-order valence-corrected chi connectivity index (χ3v) is 7.89. The van der Waals surface area contributed by atoms with Crippen LogP contribution in [0.4, 0.5) is 15.3 Å². The summed E-state index contributed by atoms with van der Waals surface area (Å²) in [7, 11) is 0. The standard InChI is InChI=1S/C30H28Cl2N6O6S/c1-45(43)35-11-4-10-33-12-13-34-28(40)26(19-20-17-23(31)27(39)24(32)18-20)44-30(42)37-14-8-22(9-15-37)38-16-7-21-5-2-3-6-25(21)36-29(38)41/h2-3,5-6,10,17-18,22,26,39H,7-9,14-16,19H2,1H3,(H,36,41)/t26-,45?/m1/s1. The lowest BCUT2D eigenvalue weighted by Crippen LogP contribution is -2.50. The first-order valence-corrected chi connectivity index (χ1v) is 16.0. The molecule has 2 aromatic rings. The number of benzene rings is 2. The number of urea groups is 1. The summed E-state index contributed by atoms with van der Waals surface area (Å²) in [6.07, 6.45) is 1.95. The van der Waals surface area contributed by atoms with E-state index in [1.807, 2.05) is 24.3 Å². The highest BCUT2D eigenvalue weighted by Gasteiger charge is 2.33. The summed E-state index contributed by atoms with van der Waals surface area (Å²) in [5.41, 5.74) is 4.68. The molecule has 1 unspecified atom stereocenters. The number of piperidine rings is 1. The molecule has 2 atom stereocenters. The minimum Gasteiger partial charge on any atom is -0.591 e. The molecule has 0 aliphatic carbocycles. The number of hydrogen-bond donors (Lipinski definition) is 2. The molecule has 2 heterocycles. The molecule has 0 aromatic heterocycles. The number of likely N-dealkylation sites (tertiary alicyclic amines) is 1. The summed E-state index contributed by atoms with van der Waals surface area (Å²) in [6.45, 7) is 1.17. The van der Waals surface area contributed by atoms with Crippen LogP contribution in [0.1, 0.15) is 24.0 Å². The molecule has 2 aliphatic heterocycles. The van der Waals surface area contributed by atoms with Crippen LogP contribution in [0, 0.1) is 0 Å². The Hall–Kier alpha value is -4.27. The number of carbonyl (C=O) groups excluding carboxylic acids is 3. The summed E-state index contributed by atoms with van der Waals surface area (Å²) in [4.78, 5) is 49.7. The Balaban J connectivity index is 1.43. The molecule has 1 saturated heterocycles. The van der Waals surface area contributed by atoms with Crippen molar-refractivity contribution in [2.24, 2.45) is 14.4 Å². The predicted octanol–water partition coefficient (Wildman–Crippen LogP) is 4.36. The van der Waals surface area contributed by atoms with Crippen molar-refractivity contribution >= 4 is 75.9 Å². The first-order chi connectivity index (χ1) is 21.6. The fourth-order valence-corrected chi connectivity index (χ4v) is 5.50. The largest absolute Gasteiger partial charge is 0.591 e. The quantitative estimate of drug-likeness (QED) is 0.253. The first-order valence-electron chi connectivity index (χ1n) is 13.7. The number of fused-ring (bicyclic) bond motifs is 1. The average Bonchev–Trinajstić information content (AvgIpc) is 3.18. The van der Waals surface area contributed by atoms with Crippen LogP contribution in [0.3, 0.4) is 0 Å². The number of phenols is 1. The second-order valence-corrected chi connectivity index (χ2v) is 11.8. The fourth-order valence-electron chi connectivity index (χ4n) is 4.79. The van der Waals surface area contributed by atoms with Crippen LogP contribution in [0.2, 0.25) is 10.0 Å². The average molecular weight is 672 g/mol. The number of halogens is 2. The van der Waals surface area contributed by atoms with E-state index in [1.165, 1.54) is 23.3 Å². The maximum atomic E-state index is 13.2. The monoisotopic (exact) mass is 670 g/mol. The molecule has 1 fully saturated rings. The van der Waals surface area contributed by atoms with Crippen molar-refractivity contribution in [3.05, 3.63) is 69.5 Å². The third-order valence-electron chi connectivity index (χ3n) is 6.97. The van der Waals surface area contributed by atoms with Gasteiger partial charge in [0.1, 0.15) is 17.6 Å². The number of aromatic hydroxyl groups is 1. The molecule has 234 valence electrons. The fraction of sp³-hybridized carbons (Fsp3) is 0.333. The summed E-state index contributed by atoms with van der Waals surface area (Å²) in [5.74, 6) is 5.57. The van der Waals surface area contributed by atoms with Crippen molar-refractivity contribution in [1.82, 2.24) is 9.80 Å². The van der Waals surface area contributed by atoms with E-state index in [1.54, 1.807) is 4.90 Å². The van der Waals surface area contributed by atoms with Gasteiger partial charge in [-0.15, -0.1) is 0 Å². The van der Waals surface area contributed by atoms with Gasteiger partial charge in [-0.2, -0.15) is 9.98 Å². The number of aliphatic imine (C=N–C) groups is 2. The van der Waals surface area contributed by atoms with Gasteiger partial charge in [0.25, 0.3) is 5.91 Å². The van der Waals surface area contributed by atoms with Crippen LogP contribution in [-0.2, 0) is 33.7 Å². The summed E-state index contributed by atoms with van der Waals surface area (Å²) < 4.78 is 19.9. The SMILES string of the molecule is C[S+]([O-])N=C=C=CN=C=C=NC(=O)[C@@H](Cc1cc(Cl)c(O)c(Cl)c1)OC(=O)N1CCC(N2CCc3ccccc3NC2=O)CC1. The minimum atomic E-state index is -1.43. The van der Waals surface area contributed by atoms with Gasteiger partial charge in [0.15, 0.2) is 11.9 Å². The van der Waals surface area contributed by atoms with E-state index < -0.39 is 29.5 Å². The van der Waals surface area contributed by atoms with Crippen LogP contribution >= 0.6 is 23.2 Å². The molecule has 0 bridgehead atoms. The van der Waals surface area contributed by atoms with E-state index in [0.29, 0.717) is 44.5 Å². The molecule has 2 N–H and O–H groups in total. The van der Waals surface area contributed by atoms with Crippen molar-refractivity contribution in [3.63, 3.8) is 0 Å². The van der Waals surface area contributed by atoms with Gasteiger partial charge in [-0.25, -0.2) is 9.59 Å². The highest BCUT2D eigenvalue weighted by atomic mass is 35.5. The number of anilines is 1. The van der Waals surface area contributed by atoms with Gasteiger partial charge in [0.2, 0.25) is 0 Å². The predicted molar refractivity (Wildman–Crippen MR) is 172 cm³/mol. The zero-order valence-corrected chi connectivity index (χ0v) is 26.4. The van der Waals surface area contributed by atoms with Crippen molar-refractivity contribution < 1.29 is 28.8 Å². The maximum absolute atomic E-state index is 13.2. The van der Waals surface area contributed by atoms with Gasteiger partial charge in [0.05, 0.1) is 33.9 Å². The number of para-hydroxylation sites is 1. The molecule has 0 saturated carbocycles. The normalized spacial score (nSPS) is 15.8. The smallest absolute Gasteiger partial charge is 0.410 e. The highest BCUT2D eigenvalue weighted by molar-refractivity contribution is 7.89. The molecule has 0 radical (unpaired) electrons. The van der Waals surface area contributed by atoms with Gasteiger partial charge >= 0.3 is 12.1 Å². The van der Waals surface area contributed by atoms with E-state index in [4.69, 9.17) is 27.9 Å². The van der Waals surface area contributed by atoms with Gasteiger partial charge < -0.3 is 29.5 Å². The Kier molecular flexibility index (Phi) is 12.1. The van der Waals surface area contributed by atoms with Crippen LogP contribution in [0.25, 0.3) is 0 Å². The number of rotatable bonds is 7. The van der Waals surface area contributed by atoms with E-state index in [0.717, 1.165) is 17.5 Å². The molecular formula is C30H28Cl2N6O6S. The molecular weight excluding hydrogens is 643 g/mol. The molecule has 0 spiro atoms. The van der Waals surface area contributed by atoms with E-state index in [2.05, 4.69) is 43.0 Å². The number of carbonyl (C=O) groups is 3. The van der Waals surface area contributed by atoms with Gasteiger partial charge in [0, 0.05) is 37.8 Å². The van der Waals surface area contributed by atoms with Crippen molar-refractivity contribution in [3.8, 4) is 5.75 Å². The second kappa shape index (κ2) is 16.2. The highest BCUT2D eigenvalue weighted by Crippen LogP contribution is 2.33. The molecule has 4 amide bonds. The van der Waals surface area contributed by atoms with Crippen LogP contribution in [-0.4, -0.2) is 93.1 Å². The Morgan fingerprint density at radius 3 is 2.60 bits per heavy atom. The van der Waals surface area contributed by atoms with Crippen LogP contribution in [0.15, 0.2) is 62.7 Å². The Labute approximate surface area is 272 Å². The van der Waals surface area contributed by atoms with Gasteiger partial charge in [-0.05, 0) is 58.7 Å². The number of phenolic OH excluding ortho intramolecular Hbond substituents is 1. The third kappa shape index (κ3) is 9.61. The lowest BCUT2D eigenvalue weighted by Gasteiger charge is -2.37. The summed E-state index contributed by atoms with van der Waals surface area (Å²) in [5, 5.41) is 12.8. The Morgan fingerprint density at radius 2 is 1.89 bits per heavy atom. The first kappa shape index (κ1) is 33.6. The zero-order chi connectivity index (χ0) is 32.3. The molecule has 4 rings (SSSR count). The molecule has 2 aliphatic rings. The van der Waals surface area contributed by atoms with E-state index in [-0.39, 0.29) is 34.3 Å². The lowest BCUT2D eigenvalue weighted by atomic mass is 10.0. The van der Waals surface area contributed by atoms with Gasteiger partial charge in [-0.1, -0.05) is 41.4 Å². The lowest BCUT2D eigenvalue weighted by molar-refractivity contribution is -0.126. The number of hydrogen-bond acceptors (Lipinski definition) is 8. The number of nitrogens with one attached hydrogen (secondary N) is 1. The van der Waals surface area contributed by atoms with E-state index in [9.17, 15) is 24.0 Å². The number of amides is 4. The summed E-state index contributed by atoms with van der Waals surface area (Å²) >= 11 is 10.7. The Morgan fingerprint density at radius 1 is 1.18 bits per heavy atom. The zero-order valence-electron chi connectivity index (χ0n) is 24.0. The maximum Gasteiger partial charge on any atom is 0.410 e. The molecule has 15 heteroatoms. The van der Waals surface area contributed by atoms with Crippen LogP contribution in [0.5, 0.6) is 5.75 Å². The second-order valence-electron chi connectivity index (χ2n) is 9.94. The Bertz CT molecular complexity index is 1630. The number of nitrogens with zero attached hydrogens (tertiary/aromatic N) is 5. The number of ether oxygens (including phenoxy) is 1. The topological polar surface area (TPSA) is 159 Å². The van der Waals surface area contributed by atoms with Crippen molar-refractivity contribution in [2.75, 3.05) is 31.2 Å². The molecule has 2 aromatic carbocycles. The van der Waals surface area contributed by atoms with Crippen molar-refractivity contribution in [1.29, 1.82) is 0 Å². The summed E-state index contributed by atoms with van der Waals surface area (Å²) in [6, 6.07) is 10.2. The van der Waals surface area contributed by atoms with Crippen molar-refractivity contribution in [2.45, 2.75) is 37.8 Å². The minimum absolute atomic E-state index is 0.0384. The molecule has 12 nitrogen and oxygen atoms in total. The van der Waals surface area contributed by atoms with Crippen LogP contribution < -0.4 is 5.32 Å².